The topological polar surface area (TPSA) is 64.2 Å². The van der Waals surface area contributed by atoms with Crippen LogP contribution in [0.5, 0.6) is 11.5 Å². The molecule has 0 aliphatic rings. The molecule has 0 amide bonds. The minimum atomic E-state index is -0.567. The molecule has 2 aromatic heterocycles. The number of aromatic nitrogens is 2. The predicted molar refractivity (Wildman–Crippen MR) is 100 cm³/mol. The Morgan fingerprint density at radius 1 is 1.21 bits per heavy atom. The molecule has 1 aromatic carbocycles. The van der Waals surface area contributed by atoms with Gasteiger partial charge in [0.25, 0.3) is 0 Å². The van der Waals surface area contributed by atoms with Crippen molar-refractivity contribution in [2.24, 2.45) is 0 Å². The minimum absolute atomic E-state index is 0.388. The maximum atomic E-state index is 12.4. The average molecular weight is 436 g/mol. The van der Waals surface area contributed by atoms with Crippen molar-refractivity contribution < 1.29 is 14.3 Å². The van der Waals surface area contributed by atoms with Crippen molar-refractivity contribution in [3.63, 3.8) is 0 Å². The smallest absolute Gasteiger partial charge is 0.342 e. The van der Waals surface area contributed by atoms with E-state index in [1.807, 2.05) is 45.2 Å². The first-order chi connectivity index (χ1) is 11.3. The van der Waals surface area contributed by atoms with Gasteiger partial charge >= 0.3 is 5.97 Å². The molecule has 0 aliphatic heterocycles. The number of hydrogen-bond donors (Lipinski definition) is 1. The summed E-state index contributed by atoms with van der Waals surface area (Å²) >= 11 is 2.18. The summed E-state index contributed by atoms with van der Waals surface area (Å²) in [6, 6.07) is 9.16. The summed E-state index contributed by atoms with van der Waals surface area (Å²) in [6.07, 6.45) is 3.44. The zero-order valence-corrected chi connectivity index (χ0v) is 15.7. The highest BCUT2D eigenvalue weighted by Crippen LogP contribution is 2.30. The van der Waals surface area contributed by atoms with Gasteiger partial charge in [0, 0.05) is 15.2 Å². The van der Waals surface area contributed by atoms with Gasteiger partial charge in [-0.25, -0.2) is 9.78 Å². The van der Waals surface area contributed by atoms with Crippen molar-refractivity contribution in [2.75, 3.05) is 0 Å². The van der Waals surface area contributed by atoms with E-state index in [9.17, 15) is 4.79 Å². The largest absolute Gasteiger partial charge is 0.456 e. The van der Waals surface area contributed by atoms with Crippen LogP contribution in [0.3, 0.4) is 0 Å². The Hall–Kier alpha value is -2.09. The Labute approximate surface area is 153 Å². The molecule has 124 valence electrons. The third-order valence-corrected chi connectivity index (χ3v) is 3.84. The van der Waals surface area contributed by atoms with Gasteiger partial charge in [-0.05, 0) is 73.7 Å². The van der Waals surface area contributed by atoms with E-state index in [-0.39, 0.29) is 0 Å². The van der Waals surface area contributed by atoms with Crippen molar-refractivity contribution >= 4 is 39.6 Å². The van der Waals surface area contributed by atoms with Gasteiger partial charge in [0.2, 0.25) is 0 Å². The normalized spacial score (nSPS) is 11.5. The lowest BCUT2D eigenvalue weighted by atomic mass is 10.1. The van der Waals surface area contributed by atoms with Crippen LogP contribution in [0.25, 0.3) is 11.0 Å². The Bertz CT molecular complexity index is 897. The molecule has 0 spiro atoms. The summed E-state index contributed by atoms with van der Waals surface area (Å²) in [5.74, 6) is 0.603. The van der Waals surface area contributed by atoms with Crippen LogP contribution >= 0.6 is 22.6 Å². The maximum absolute atomic E-state index is 12.4. The fourth-order valence-corrected chi connectivity index (χ4v) is 2.65. The number of H-pyrrole nitrogens is 1. The van der Waals surface area contributed by atoms with E-state index in [2.05, 4.69) is 32.6 Å². The van der Waals surface area contributed by atoms with Gasteiger partial charge in [-0.15, -0.1) is 0 Å². The fourth-order valence-electron chi connectivity index (χ4n) is 2.18. The van der Waals surface area contributed by atoms with Crippen LogP contribution < -0.4 is 4.74 Å². The summed E-state index contributed by atoms with van der Waals surface area (Å²) in [4.78, 5) is 19.8. The highest BCUT2D eigenvalue weighted by molar-refractivity contribution is 14.1. The summed E-state index contributed by atoms with van der Waals surface area (Å²) in [7, 11) is 0. The molecule has 0 bridgehead atoms. The van der Waals surface area contributed by atoms with Gasteiger partial charge in [-0.3, -0.25) is 0 Å². The molecule has 3 aromatic rings. The van der Waals surface area contributed by atoms with Gasteiger partial charge < -0.3 is 14.5 Å². The van der Waals surface area contributed by atoms with Gasteiger partial charge in [-0.2, -0.15) is 0 Å². The number of fused-ring (bicyclic) bond motifs is 1. The third-order valence-electron chi connectivity index (χ3n) is 3.17. The molecule has 1 N–H and O–H groups in total. The number of aromatic amines is 1. The van der Waals surface area contributed by atoms with Gasteiger partial charge in [0.05, 0.1) is 6.20 Å². The molecule has 0 radical (unpaired) electrons. The van der Waals surface area contributed by atoms with Crippen LogP contribution in [-0.2, 0) is 4.74 Å². The summed E-state index contributed by atoms with van der Waals surface area (Å²) in [5.41, 5.74) is 0.611. The van der Waals surface area contributed by atoms with Crippen LogP contribution in [0.2, 0.25) is 0 Å². The Morgan fingerprint density at radius 3 is 2.75 bits per heavy atom. The number of ether oxygens (including phenoxy) is 2. The van der Waals surface area contributed by atoms with E-state index >= 15 is 0 Å². The second-order valence-corrected chi connectivity index (χ2v) is 7.58. The van der Waals surface area contributed by atoms with Crippen LogP contribution in [0.1, 0.15) is 31.1 Å². The monoisotopic (exact) mass is 436 g/mol. The molecule has 6 heteroatoms. The van der Waals surface area contributed by atoms with Gasteiger partial charge in [0.1, 0.15) is 28.3 Å². The Morgan fingerprint density at radius 2 is 2.00 bits per heavy atom. The molecular weight excluding hydrogens is 419 g/mol. The van der Waals surface area contributed by atoms with E-state index in [1.165, 1.54) is 0 Å². The van der Waals surface area contributed by atoms with Crippen molar-refractivity contribution in [3.8, 4) is 11.5 Å². The standard InChI is InChI=1S/C18H17IN2O3/c1-18(2,3)24-17(22)14-5-4-12(19)9-15(14)23-13-8-11-6-7-20-16(11)21-10-13/h4-10H,1-3H3,(H,20,21). The Kier molecular flexibility index (Phi) is 4.49. The molecular formula is C18H17IN2O3. The van der Waals surface area contributed by atoms with Gasteiger partial charge in [0.15, 0.2) is 0 Å². The highest BCUT2D eigenvalue weighted by atomic mass is 127. The number of halogens is 1. The number of rotatable bonds is 3. The number of nitrogens with zero attached hydrogens (tertiary/aromatic N) is 1. The lowest BCUT2D eigenvalue weighted by molar-refractivity contribution is 0.00672. The van der Waals surface area contributed by atoms with Crippen molar-refractivity contribution in [2.45, 2.75) is 26.4 Å². The lowest BCUT2D eigenvalue weighted by Crippen LogP contribution is -2.24. The zero-order valence-electron chi connectivity index (χ0n) is 13.6. The molecule has 0 saturated carbocycles. The van der Waals surface area contributed by atoms with Gasteiger partial charge in [-0.1, -0.05) is 0 Å². The number of carbonyl (C=O) groups is 1. The summed E-state index contributed by atoms with van der Waals surface area (Å²) in [5, 5.41) is 0.942. The second-order valence-electron chi connectivity index (χ2n) is 6.33. The third kappa shape index (κ3) is 3.87. The van der Waals surface area contributed by atoms with Crippen LogP contribution in [0.15, 0.2) is 42.7 Å². The highest BCUT2D eigenvalue weighted by Gasteiger charge is 2.21. The molecule has 0 unspecified atom stereocenters. The first kappa shape index (κ1) is 16.8. The van der Waals surface area contributed by atoms with Crippen molar-refractivity contribution in [1.29, 1.82) is 0 Å². The van der Waals surface area contributed by atoms with Crippen molar-refractivity contribution in [1.82, 2.24) is 9.97 Å². The molecule has 3 rings (SSSR count). The average Bonchev–Trinajstić information content (AvgIpc) is 2.93. The molecule has 0 saturated heterocycles. The number of carbonyl (C=O) groups excluding carboxylic acids is 1. The maximum Gasteiger partial charge on any atom is 0.342 e. The van der Waals surface area contributed by atoms with Crippen LogP contribution in [0.4, 0.5) is 0 Å². The molecule has 24 heavy (non-hydrogen) atoms. The first-order valence-corrected chi connectivity index (χ1v) is 8.53. The number of nitrogens with one attached hydrogen (secondary N) is 1. The van der Waals surface area contributed by atoms with E-state index in [0.29, 0.717) is 17.1 Å². The van der Waals surface area contributed by atoms with E-state index in [1.54, 1.807) is 18.3 Å². The lowest BCUT2D eigenvalue weighted by Gasteiger charge is -2.20. The number of pyridine rings is 1. The van der Waals surface area contributed by atoms with E-state index in [4.69, 9.17) is 9.47 Å². The summed E-state index contributed by atoms with van der Waals surface area (Å²) in [6.45, 7) is 5.51. The molecule has 2 heterocycles. The minimum Gasteiger partial charge on any atom is -0.456 e. The van der Waals surface area contributed by atoms with E-state index in [0.717, 1.165) is 14.6 Å². The Balaban J connectivity index is 1.94. The number of hydrogen-bond acceptors (Lipinski definition) is 4. The van der Waals surface area contributed by atoms with Crippen molar-refractivity contribution in [3.05, 3.63) is 51.9 Å². The summed E-state index contributed by atoms with van der Waals surface area (Å²) < 4.78 is 12.3. The molecule has 0 aliphatic carbocycles. The first-order valence-electron chi connectivity index (χ1n) is 7.46. The molecule has 5 nitrogen and oxygen atoms in total. The zero-order chi connectivity index (χ0) is 17.3. The fraction of sp³-hybridized carbons (Fsp3) is 0.222. The molecule has 0 fully saturated rings. The predicted octanol–water partition coefficient (Wildman–Crippen LogP) is 4.92. The quantitative estimate of drug-likeness (QED) is 0.468. The SMILES string of the molecule is CC(C)(C)OC(=O)c1ccc(I)cc1Oc1cnc2[nH]ccc2c1. The second kappa shape index (κ2) is 6.43. The molecule has 0 atom stereocenters. The van der Waals surface area contributed by atoms with E-state index < -0.39 is 11.6 Å². The van der Waals surface area contributed by atoms with Crippen LogP contribution in [0, 0.1) is 3.57 Å². The number of benzene rings is 1. The van der Waals surface area contributed by atoms with Crippen LogP contribution in [-0.4, -0.2) is 21.5 Å². The number of esters is 1.